The van der Waals surface area contributed by atoms with Gasteiger partial charge in [-0.1, -0.05) is 36.2 Å². The highest BCUT2D eigenvalue weighted by atomic mass is 35.5. The predicted octanol–water partition coefficient (Wildman–Crippen LogP) is 3.35. The molecule has 2 heterocycles. The second-order valence-corrected chi connectivity index (χ2v) is 11.3. The van der Waals surface area contributed by atoms with Crippen LogP contribution in [0.15, 0.2) is 36.4 Å². The summed E-state index contributed by atoms with van der Waals surface area (Å²) >= 11 is 6.62. The molecule has 5 rings (SSSR count). The highest BCUT2D eigenvalue weighted by Gasteiger charge is 2.29. The van der Waals surface area contributed by atoms with Crippen LogP contribution in [0.3, 0.4) is 0 Å². The van der Waals surface area contributed by atoms with Crippen LogP contribution in [0.5, 0.6) is 0 Å². The van der Waals surface area contributed by atoms with Gasteiger partial charge in [-0.2, -0.15) is 13.2 Å². The number of nitrogens with zero attached hydrogens (tertiary/aromatic N) is 1. The molecule has 0 unspecified atom stereocenters. The Balaban J connectivity index is 0.000000617. The number of benzene rings is 2. The third kappa shape index (κ3) is 8.85. The maximum absolute atomic E-state index is 13.4. The molecular formula is C31H33ClF3N5O6. The van der Waals surface area contributed by atoms with Crippen molar-refractivity contribution in [3.63, 3.8) is 0 Å². The zero-order valence-electron chi connectivity index (χ0n) is 24.9. The number of alkyl halides is 3. The second-order valence-electron chi connectivity index (χ2n) is 11.0. The first kappa shape index (κ1) is 34.4. The van der Waals surface area contributed by atoms with Crippen molar-refractivity contribution in [3.05, 3.63) is 69.6 Å². The lowest BCUT2D eigenvalue weighted by molar-refractivity contribution is -0.386. The zero-order valence-corrected chi connectivity index (χ0v) is 25.6. The van der Waals surface area contributed by atoms with Crippen LogP contribution in [0.2, 0.25) is 5.15 Å². The SMILES string of the molecule is COC(=O)Cc1ccc2c(c1)NC(=O)CCCC[C@H](NC(=O)c1ccc(C[NH3+])c(C3CC3)c1)c1nc-2c(Cl)[nH]1.O=C([O-])C(F)(F)F. The monoisotopic (exact) mass is 663 g/mol. The fraction of sp³-hybridized carbons (Fsp3) is 0.387. The topological polar surface area (TPSA) is 181 Å². The number of hydrogen-bond acceptors (Lipinski definition) is 7. The minimum atomic E-state index is -5.19. The van der Waals surface area contributed by atoms with Crippen molar-refractivity contribution in [1.29, 1.82) is 0 Å². The van der Waals surface area contributed by atoms with Crippen molar-refractivity contribution in [3.8, 4) is 11.3 Å². The van der Waals surface area contributed by atoms with Gasteiger partial charge in [0.1, 0.15) is 22.6 Å². The average molecular weight is 664 g/mol. The lowest BCUT2D eigenvalue weighted by Gasteiger charge is -2.18. The lowest BCUT2D eigenvalue weighted by atomic mass is 9.99. The zero-order chi connectivity index (χ0) is 33.6. The number of ether oxygens (including phenoxy) is 1. The van der Waals surface area contributed by atoms with Gasteiger partial charge in [0.15, 0.2) is 0 Å². The number of carboxylic acid groups (broad SMARTS) is 1. The van der Waals surface area contributed by atoms with Crippen LogP contribution >= 0.6 is 11.6 Å². The number of methoxy groups -OCH3 is 1. The smallest absolute Gasteiger partial charge is 0.430 e. The van der Waals surface area contributed by atoms with Gasteiger partial charge < -0.3 is 36.0 Å². The number of imidazole rings is 1. The lowest BCUT2D eigenvalue weighted by Crippen LogP contribution is -2.47. The number of esters is 1. The molecule has 46 heavy (non-hydrogen) atoms. The van der Waals surface area contributed by atoms with Crippen molar-refractivity contribution in [2.75, 3.05) is 12.4 Å². The largest absolute Gasteiger partial charge is 0.542 e. The van der Waals surface area contributed by atoms with Crippen LogP contribution in [-0.4, -0.2) is 47.0 Å². The van der Waals surface area contributed by atoms with E-state index >= 15 is 0 Å². The molecule has 246 valence electrons. The number of halogens is 4. The molecule has 1 saturated carbocycles. The first-order valence-corrected chi connectivity index (χ1v) is 14.9. The summed E-state index contributed by atoms with van der Waals surface area (Å²) in [7, 11) is 1.34. The minimum absolute atomic E-state index is 0.0749. The molecule has 1 aliphatic carbocycles. The summed E-state index contributed by atoms with van der Waals surface area (Å²) in [6.45, 7) is 0.698. The standard InChI is InChI=1S/C29H32ClN5O4.C2HF3O2/c1-39-25(37)13-16-6-11-20-23(12-16)32-24(36)5-3-2-4-22(28-34-26(20)27(30)35-28)33-29(38)18-9-10-19(15-31)21(14-18)17-7-8-17;3-2(4,5)1(6)7/h6,9-12,14,17,22H,2-5,7-8,13,15,31H2,1H3,(H,32,36)(H,33,38)(H,34,35);(H,6,7)/t22-;/m0./s1. The number of amides is 2. The van der Waals surface area contributed by atoms with E-state index in [1.807, 2.05) is 18.2 Å². The summed E-state index contributed by atoms with van der Waals surface area (Å²) in [5.41, 5.74) is 9.34. The number of fused-ring (bicyclic) bond motifs is 4. The normalized spacial score (nSPS) is 16.4. The summed E-state index contributed by atoms with van der Waals surface area (Å²) in [5, 5.41) is 15.2. The van der Waals surface area contributed by atoms with Crippen molar-refractivity contribution >= 4 is 41.0 Å². The molecule has 1 fully saturated rings. The number of nitrogens with one attached hydrogen (secondary N) is 3. The van der Waals surface area contributed by atoms with Gasteiger partial charge in [-0.25, -0.2) is 4.98 Å². The minimum Gasteiger partial charge on any atom is -0.542 e. The van der Waals surface area contributed by atoms with Gasteiger partial charge in [0.2, 0.25) is 5.91 Å². The Morgan fingerprint density at radius 3 is 2.48 bits per heavy atom. The summed E-state index contributed by atoms with van der Waals surface area (Å²) in [6.07, 6.45) is -0.562. The van der Waals surface area contributed by atoms with Crippen LogP contribution < -0.4 is 21.5 Å². The van der Waals surface area contributed by atoms with Crippen LogP contribution in [0.1, 0.15) is 83.4 Å². The first-order chi connectivity index (χ1) is 21.8. The van der Waals surface area contributed by atoms with E-state index < -0.39 is 18.2 Å². The van der Waals surface area contributed by atoms with E-state index in [4.69, 9.17) is 31.2 Å². The molecule has 1 atom stereocenters. The second kappa shape index (κ2) is 14.8. The molecule has 0 saturated heterocycles. The Kier molecular flexibility index (Phi) is 11.1. The van der Waals surface area contributed by atoms with Crippen molar-refractivity contribution < 1.29 is 47.9 Å². The maximum atomic E-state index is 13.4. The number of aromatic nitrogens is 2. The van der Waals surface area contributed by atoms with E-state index in [1.165, 1.54) is 18.2 Å². The van der Waals surface area contributed by atoms with E-state index in [2.05, 4.69) is 21.4 Å². The Hall–Kier alpha value is -4.43. The number of carbonyl (C=O) groups is 4. The number of anilines is 1. The molecule has 0 radical (unpaired) electrons. The molecule has 2 amide bonds. The van der Waals surface area contributed by atoms with E-state index in [9.17, 15) is 27.6 Å². The molecule has 11 nitrogen and oxygen atoms in total. The summed E-state index contributed by atoms with van der Waals surface area (Å²) in [5.74, 6) is -2.63. The number of H-pyrrole nitrogens is 1. The quantitative estimate of drug-likeness (QED) is 0.292. The first-order valence-electron chi connectivity index (χ1n) is 14.6. The van der Waals surface area contributed by atoms with Gasteiger partial charge in [-0.15, -0.1) is 0 Å². The van der Waals surface area contributed by atoms with Crippen molar-refractivity contribution in [2.45, 2.75) is 69.6 Å². The van der Waals surface area contributed by atoms with E-state index in [0.29, 0.717) is 77.2 Å². The van der Waals surface area contributed by atoms with E-state index in [0.717, 1.165) is 12.8 Å². The third-order valence-electron chi connectivity index (χ3n) is 7.58. The van der Waals surface area contributed by atoms with Gasteiger partial charge in [-0.05, 0) is 60.9 Å². The molecule has 0 spiro atoms. The number of carboxylic acids is 1. The fourth-order valence-corrected chi connectivity index (χ4v) is 5.31. The van der Waals surface area contributed by atoms with E-state index in [-0.39, 0.29) is 24.2 Å². The molecule has 1 aliphatic heterocycles. The summed E-state index contributed by atoms with van der Waals surface area (Å²) < 4.78 is 36.3. The molecule has 2 bridgehead atoms. The van der Waals surface area contributed by atoms with Crippen LogP contribution in [0.25, 0.3) is 11.3 Å². The van der Waals surface area contributed by atoms with Crippen LogP contribution in [-0.2, 0) is 32.1 Å². The average Bonchev–Trinajstić information content (AvgIpc) is 3.79. The number of hydrogen-bond donors (Lipinski definition) is 4. The van der Waals surface area contributed by atoms with Gasteiger partial charge in [-0.3, -0.25) is 14.4 Å². The maximum Gasteiger partial charge on any atom is 0.430 e. The summed E-state index contributed by atoms with van der Waals surface area (Å²) in [6, 6.07) is 10.7. The predicted molar refractivity (Wildman–Crippen MR) is 158 cm³/mol. The molecular weight excluding hydrogens is 631 g/mol. The Morgan fingerprint density at radius 2 is 1.85 bits per heavy atom. The molecule has 3 aromatic rings. The number of rotatable bonds is 6. The van der Waals surface area contributed by atoms with E-state index in [1.54, 1.807) is 18.2 Å². The number of aromatic amines is 1. The Labute approximate surface area is 267 Å². The number of aliphatic carboxylic acids is 1. The van der Waals surface area contributed by atoms with Gasteiger partial charge in [0.05, 0.1) is 31.8 Å². The third-order valence-corrected chi connectivity index (χ3v) is 7.85. The molecule has 1 aromatic heterocycles. The number of carbonyl (C=O) groups excluding carboxylic acids is 4. The van der Waals surface area contributed by atoms with Crippen LogP contribution in [0, 0.1) is 0 Å². The van der Waals surface area contributed by atoms with Crippen molar-refractivity contribution in [1.82, 2.24) is 15.3 Å². The van der Waals surface area contributed by atoms with Gasteiger partial charge >= 0.3 is 12.1 Å². The van der Waals surface area contributed by atoms with Crippen LogP contribution in [0.4, 0.5) is 18.9 Å². The number of quaternary nitrogens is 1. The van der Waals surface area contributed by atoms with Gasteiger partial charge in [0.25, 0.3) is 5.91 Å². The highest BCUT2D eigenvalue weighted by Crippen LogP contribution is 2.42. The summed E-state index contributed by atoms with van der Waals surface area (Å²) in [4.78, 5) is 54.6. The van der Waals surface area contributed by atoms with Gasteiger partial charge in [0, 0.05) is 23.1 Å². The van der Waals surface area contributed by atoms with Crippen molar-refractivity contribution in [2.24, 2.45) is 0 Å². The fourth-order valence-electron chi connectivity index (χ4n) is 5.07. The molecule has 6 N–H and O–H groups in total. The Bertz CT molecular complexity index is 1620. The highest BCUT2D eigenvalue weighted by molar-refractivity contribution is 6.32. The molecule has 15 heteroatoms. The Morgan fingerprint density at radius 1 is 1.13 bits per heavy atom. The molecule has 2 aromatic carbocycles. The molecule has 2 aliphatic rings.